The quantitative estimate of drug-likeness (QED) is 0.601. The van der Waals surface area contributed by atoms with Gasteiger partial charge in [0.2, 0.25) is 0 Å². The van der Waals surface area contributed by atoms with Gasteiger partial charge in [0.1, 0.15) is 0 Å². The molecule has 3 atom stereocenters. The van der Waals surface area contributed by atoms with Crippen LogP contribution < -0.4 is 10.6 Å². The van der Waals surface area contributed by atoms with Gasteiger partial charge < -0.3 is 15.4 Å². The maximum Gasteiger partial charge on any atom is 0.191 e. The van der Waals surface area contributed by atoms with E-state index in [0.29, 0.717) is 30.0 Å². The molecule has 3 aliphatic rings. The first-order valence-corrected chi connectivity index (χ1v) is 11.3. The third-order valence-electron chi connectivity index (χ3n) is 7.48. The van der Waals surface area contributed by atoms with Crippen LogP contribution >= 0.6 is 0 Å². The number of nitrogens with one attached hydrogen (secondary N) is 2. The Morgan fingerprint density at radius 3 is 2.80 bits per heavy atom. The van der Waals surface area contributed by atoms with Crippen LogP contribution in [0.15, 0.2) is 35.3 Å². The molecule has 3 unspecified atom stereocenters. The number of para-hydroxylation sites is 1. The highest BCUT2D eigenvalue weighted by Crippen LogP contribution is 2.60. The first-order chi connectivity index (χ1) is 14.6. The highest BCUT2D eigenvalue weighted by molar-refractivity contribution is 5.80. The van der Waals surface area contributed by atoms with E-state index >= 15 is 0 Å². The highest BCUT2D eigenvalue weighted by atomic mass is 16.5. The van der Waals surface area contributed by atoms with Gasteiger partial charge in [-0.05, 0) is 50.8 Å². The number of ether oxygens (including phenoxy) is 1. The topological polar surface area (TPSA) is 63.5 Å². The standard InChI is InChI=1S/C24H33N5O/c1-16-14-17(2)29(28-16)20-9-5-4-8-18(20)15-26-23(25-3)27-21-19-10-13-30-22(19)24(21)11-6-7-12-24/h4-5,8-9,14,19,21-22H,6-7,10-13,15H2,1-3H3,(H2,25,26,27). The van der Waals surface area contributed by atoms with Crippen molar-refractivity contribution in [2.75, 3.05) is 13.7 Å². The number of guanidine groups is 1. The minimum atomic E-state index is 0.320. The normalized spacial score (nSPS) is 27.2. The summed E-state index contributed by atoms with van der Waals surface area (Å²) in [7, 11) is 1.87. The molecule has 30 heavy (non-hydrogen) atoms. The van der Waals surface area contributed by atoms with Crippen LogP contribution in [0.5, 0.6) is 0 Å². The molecular formula is C24H33N5O. The Balaban J connectivity index is 1.30. The van der Waals surface area contributed by atoms with Gasteiger partial charge in [-0.15, -0.1) is 0 Å². The van der Waals surface area contributed by atoms with E-state index in [1.165, 1.54) is 37.7 Å². The number of aliphatic imine (C=N–C) groups is 1. The van der Waals surface area contributed by atoms with Gasteiger partial charge in [-0.1, -0.05) is 31.0 Å². The van der Waals surface area contributed by atoms with E-state index in [0.717, 1.165) is 29.6 Å². The summed E-state index contributed by atoms with van der Waals surface area (Å²) in [5.41, 5.74) is 4.82. The third-order valence-corrected chi connectivity index (χ3v) is 7.48. The fraction of sp³-hybridized carbons (Fsp3) is 0.583. The fourth-order valence-corrected chi connectivity index (χ4v) is 6.16. The monoisotopic (exact) mass is 407 g/mol. The number of nitrogens with zero attached hydrogens (tertiary/aromatic N) is 3. The van der Waals surface area contributed by atoms with Gasteiger partial charge in [-0.3, -0.25) is 4.99 Å². The van der Waals surface area contributed by atoms with Crippen molar-refractivity contribution in [1.82, 2.24) is 20.4 Å². The molecule has 0 amide bonds. The number of hydrogen-bond acceptors (Lipinski definition) is 3. The van der Waals surface area contributed by atoms with Crippen molar-refractivity contribution in [1.29, 1.82) is 0 Å². The average Bonchev–Trinajstić information content (AvgIpc) is 3.47. The van der Waals surface area contributed by atoms with Crippen LogP contribution in [-0.4, -0.2) is 41.5 Å². The molecule has 0 bridgehead atoms. The lowest BCUT2D eigenvalue weighted by Gasteiger charge is -2.57. The zero-order valence-electron chi connectivity index (χ0n) is 18.3. The maximum absolute atomic E-state index is 6.13. The van der Waals surface area contributed by atoms with Crippen LogP contribution in [0.25, 0.3) is 5.69 Å². The highest BCUT2D eigenvalue weighted by Gasteiger charge is 2.65. The number of aryl methyl sites for hydroxylation is 2. The molecule has 3 fully saturated rings. The molecule has 1 spiro atoms. The summed E-state index contributed by atoms with van der Waals surface area (Å²) in [6.45, 7) is 5.76. The van der Waals surface area contributed by atoms with Crippen molar-refractivity contribution in [2.24, 2.45) is 16.3 Å². The molecule has 160 valence electrons. The van der Waals surface area contributed by atoms with Crippen LogP contribution in [0, 0.1) is 25.2 Å². The van der Waals surface area contributed by atoms with Crippen LogP contribution in [0.3, 0.4) is 0 Å². The predicted octanol–water partition coefficient (Wildman–Crippen LogP) is 3.50. The third kappa shape index (κ3) is 3.13. The summed E-state index contributed by atoms with van der Waals surface area (Å²) in [5.74, 6) is 1.52. The predicted molar refractivity (Wildman–Crippen MR) is 119 cm³/mol. The van der Waals surface area contributed by atoms with Gasteiger partial charge in [0, 0.05) is 43.3 Å². The van der Waals surface area contributed by atoms with Gasteiger partial charge >= 0.3 is 0 Å². The summed E-state index contributed by atoms with van der Waals surface area (Å²) in [5, 5.41) is 12.0. The SMILES string of the molecule is CN=C(NCc1ccccc1-n1nc(C)cc1C)NC1C2CCOC2C12CCCC2. The van der Waals surface area contributed by atoms with Crippen molar-refractivity contribution in [3.63, 3.8) is 0 Å². The molecule has 5 rings (SSSR count). The van der Waals surface area contributed by atoms with E-state index in [-0.39, 0.29) is 0 Å². The number of hydrogen-bond donors (Lipinski definition) is 2. The lowest BCUT2D eigenvalue weighted by Crippen LogP contribution is -2.69. The molecule has 0 radical (unpaired) electrons. The molecule has 2 saturated carbocycles. The lowest BCUT2D eigenvalue weighted by atomic mass is 9.54. The van der Waals surface area contributed by atoms with Crippen LogP contribution in [0.1, 0.15) is 49.1 Å². The Kier molecular flexibility index (Phi) is 5.05. The molecule has 2 heterocycles. The van der Waals surface area contributed by atoms with E-state index in [4.69, 9.17) is 4.74 Å². The zero-order valence-corrected chi connectivity index (χ0v) is 18.3. The van der Waals surface area contributed by atoms with Gasteiger partial charge in [-0.25, -0.2) is 4.68 Å². The number of fused-ring (bicyclic) bond motifs is 2. The molecule has 2 aromatic rings. The van der Waals surface area contributed by atoms with Gasteiger partial charge in [-0.2, -0.15) is 5.10 Å². The number of benzene rings is 1. The number of aromatic nitrogens is 2. The lowest BCUT2D eigenvalue weighted by molar-refractivity contribution is -0.125. The van der Waals surface area contributed by atoms with Crippen LogP contribution in [0.2, 0.25) is 0 Å². The molecule has 1 saturated heterocycles. The molecule has 6 heteroatoms. The number of rotatable bonds is 4. The van der Waals surface area contributed by atoms with E-state index < -0.39 is 0 Å². The van der Waals surface area contributed by atoms with E-state index in [9.17, 15) is 0 Å². The van der Waals surface area contributed by atoms with Gasteiger partial charge in [0.05, 0.1) is 17.5 Å². The second-order valence-electron chi connectivity index (χ2n) is 9.20. The van der Waals surface area contributed by atoms with Crippen molar-refractivity contribution >= 4 is 5.96 Å². The largest absolute Gasteiger partial charge is 0.377 e. The van der Waals surface area contributed by atoms with E-state index in [2.05, 4.69) is 58.0 Å². The molecule has 6 nitrogen and oxygen atoms in total. The Morgan fingerprint density at radius 2 is 2.07 bits per heavy atom. The van der Waals surface area contributed by atoms with Crippen molar-refractivity contribution < 1.29 is 4.74 Å². The molecule has 1 aliphatic heterocycles. The smallest absolute Gasteiger partial charge is 0.191 e. The minimum Gasteiger partial charge on any atom is -0.377 e. The first-order valence-electron chi connectivity index (χ1n) is 11.3. The molecule has 2 aliphatic carbocycles. The second-order valence-corrected chi connectivity index (χ2v) is 9.20. The van der Waals surface area contributed by atoms with E-state index in [1.807, 2.05) is 18.7 Å². The van der Waals surface area contributed by atoms with E-state index in [1.54, 1.807) is 0 Å². The Labute approximate surface area is 179 Å². The minimum absolute atomic E-state index is 0.320. The summed E-state index contributed by atoms with van der Waals surface area (Å²) in [4.78, 5) is 4.55. The van der Waals surface area contributed by atoms with Crippen molar-refractivity contribution in [3.8, 4) is 5.69 Å². The molecule has 2 N–H and O–H groups in total. The fourth-order valence-electron chi connectivity index (χ4n) is 6.16. The summed E-state index contributed by atoms with van der Waals surface area (Å²) in [6.07, 6.45) is 6.84. The summed E-state index contributed by atoms with van der Waals surface area (Å²) in [6, 6.07) is 11.0. The van der Waals surface area contributed by atoms with Crippen molar-refractivity contribution in [3.05, 3.63) is 47.3 Å². The molecular weight excluding hydrogens is 374 g/mol. The van der Waals surface area contributed by atoms with Crippen LogP contribution in [0.4, 0.5) is 0 Å². The molecule has 1 aromatic carbocycles. The molecule has 1 aromatic heterocycles. The maximum atomic E-state index is 6.13. The Bertz CT molecular complexity index is 943. The van der Waals surface area contributed by atoms with Crippen molar-refractivity contribution in [2.45, 2.75) is 64.6 Å². The second kappa shape index (κ2) is 7.73. The van der Waals surface area contributed by atoms with Crippen LogP contribution in [-0.2, 0) is 11.3 Å². The van der Waals surface area contributed by atoms with Gasteiger partial charge in [0.25, 0.3) is 0 Å². The summed E-state index contributed by atoms with van der Waals surface area (Å²) >= 11 is 0. The Hall–Kier alpha value is -2.34. The zero-order chi connectivity index (χ0) is 20.7. The summed E-state index contributed by atoms with van der Waals surface area (Å²) < 4.78 is 8.16. The Morgan fingerprint density at radius 1 is 1.27 bits per heavy atom. The average molecular weight is 408 g/mol. The first kappa shape index (κ1) is 19.6. The van der Waals surface area contributed by atoms with Gasteiger partial charge in [0.15, 0.2) is 5.96 Å².